The van der Waals surface area contributed by atoms with E-state index in [9.17, 15) is 0 Å². The fourth-order valence-electron chi connectivity index (χ4n) is 1.58. The van der Waals surface area contributed by atoms with Gasteiger partial charge in [0.1, 0.15) is 11.4 Å². The van der Waals surface area contributed by atoms with Gasteiger partial charge in [0, 0.05) is 19.5 Å². The first-order chi connectivity index (χ1) is 5.27. The summed E-state index contributed by atoms with van der Waals surface area (Å²) in [5, 5.41) is 0. The third-order valence-electron chi connectivity index (χ3n) is 2.28. The minimum absolute atomic E-state index is 0.991. The largest absolute Gasteiger partial charge is 0.394 e. The number of hydrogen-bond donors (Lipinski definition) is 1. The van der Waals surface area contributed by atoms with E-state index in [4.69, 9.17) is 0 Å². The van der Waals surface area contributed by atoms with Gasteiger partial charge >= 0.3 is 0 Å². The molecular formula is C8H13N3. The smallest absolute Gasteiger partial charge is 0.166 e. The van der Waals surface area contributed by atoms with Gasteiger partial charge in [0.25, 0.3) is 0 Å². The highest BCUT2D eigenvalue weighted by atomic mass is 15.2. The molecule has 2 aliphatic heterocycles. The molecule has 0 saturated carbocycles. The molecular weight excluding hydrogens is 138 g/mol. The van der Waals surface area contributed by atoms with Crippen LogP contribution in [0.4, 0.5) is 0 Å². The van der Waals surface area contributed by atoms with Crippen molar-refractivity contribution in [3.05, 3.63) is 18.4 Å². The second-order valence-corrected chi connectivity index (χ2v) is 3.20. The molecule has 1 atom stereocenters. The number of quaternary nitrogens is 1. The maximum Gasteiger partial charge on any atom is 0.166 e. The van der Waals surface area contributed by atoms with Crippen LogP contribution in [0, 0.1) is 7.05 Å². The van der Waals surface area contributed by atoms with Crippen LogP contribution in [0.1, 0.15) is 6.42 Å². The van der Waals surface area contributed by atoms with Gasteiger partial charge in [0.15, 0.2) is 6.34 Å². The van der Waals surface area contributed by atoms with Crippen molar-refractivity contribution in [2.75, 3.05) is 20.1 Å². The lowest BCUT2D eigenvalue weighted by molar-refractivity contribution is -0.699. The maximum atomic E-state index is 4.30. The average Bonchev–Trinajstić information content (AvgIpc) is 2.32. The van der Waals surface area contributed by atoms with E-state index in [0.717, 1.165) is 24.4 Å². The Hall–Kier alpha value is -0.670. The summed E-state index contributed by atoms with van der Waals surface area (Å²) in [7, 11) is 6.06. The molecule has 0 bridgehead atoms. The third-order valence-corrected chi connectivity index (χ3v) is 2.28. The third kappa shape index (κ3) is 1.10. The number of likely N-dealkylation sites (N-methyl/N-ethyl adjacent to an activating group) is 1. The zero-order chi connectivity index (χ0) is 7.84. The first kappa shape index (κ1) is 7.00. The predicted octanol–water partition coefficient (Wildman–Crippen LogP) is -0.748. The zero-order valence-corrected chi connectivity index (χ0v) is 6.80. The second-order valence-electron chi connectivity index (χ2n) is 3.20. The van der Waals surface area contributed by atoms with Gasteiger partial charge in [-0.2, -0.15) is 0 Å². The van der Waals surface area contributed by atoms with E-state index in [1.165, 1.54) is 11.4 Å². The predicted molar refractivity (Wildman–Crippen MR) is 44.0 cm³/mol. The van der Waals surface area contributed by atoms with E-state index < -0.39 is 0 Å². The minimum atomic E-state index is 0.991. The molecule has 0 fully saturated rings. The van der Waals surface area contributed by atoms with Crippen LogP contribution in [0.15, 0.2) is 16.4 Å². The molecule has 2 heterocycles. The zero-order valence-electron chi connectivity index (χ0n) is 6.80. The van der Waals surface area contributed by atoms with Gasteiger partial charge in [-0.05, 0) is 7.05 Å². The van der Waals surface area contributed by atoms with Crippen molar-refractivity contribution in [2.24, 2.45) is 4.99 Å². The molecule has 0 spiro atoms. The number of nitrogens with one attached hydrogen (secondary N) is 1. The second kappa shape index (κ2) is 2.43. The summed E-state index contributed by atoms with van der Waals surface area (Å²) in [5.74, 6) is 0. The van der Waals surface area contributed by atoms with E-state index in [0.29, 0.717) is 0 Å². The SMILES string of the molecule is [CH2-][NH+]1C=NC2=C1CCN(C)C2. The van der Waals surface area contributed by atoms with Crippen molar-refractivity contribution in [3.63, 3.8) is 0 Å². The van der Waals surface area contributed by atoms with Crippen LogP contribution in [0.3, 0.4) is 0 Å². The molecule has 2 aliphatic rings. The Labute approximate surface area is 67.0 Å². The van der Waals surface area contributed by atoms with Gasteiger partial charge in [-0.25, -0.2) is 4.99 Å². The standard InChI is InChI=1S/C8H13N3/c1-10-4-3-8-7(5-10)9-6-11(8)2/h6,11H,2-5H2,1H3. The number of rotatable bonds is 0. The highest BCUT2D eigenvalue weighted by Gasteiger charge is 2.23. The molecule has 60 valence electrons. The molecule has 3 nitrogen and oxygen atoms in total. The summed E-state index contributed by atoms with van der Waals surface area (Å²) in [6.45, 7) is 2.13. The highest BCUT2D eigenvalue weighted by molar-refractivity contribution is 5.52. The molecule has 2 rings (SSSR count). The van der Waals surface area contributed by atoms with Crippen LogP contribution in [-0.4, -0.2) is 31.4 Å². The number of hydrogen-bond acceptors (Lipinski definition) is 2. The summed E-state index contributed by atoms with van der Waals surface area (Å²) in [4.78, 5) is 7.71. The molecule has 0 aromatic heterocycles. The molecule has 0 aromatic rings. The van der Waals surface area contributed by atoms with Crippen LogP contribution in [0.2, 0.25) is 0 Å². The highest BCUT2D eigenvalue weighted by Crippen LogP contribution is 2.14. The lowest BCUT2D eigenvalue weighted by atomic mass is 10.1. The fourth-order valence-corrected chi connectivity index (χ4v) is 1.58. The Morgan fingerprint density at radius 3 is 3.36 bits per heavy atom. The van der Waals surface area contributed by atoms with E-state index in [1.807, 2.05) is 6.34 Å². The Kier molecular flexibility index (Phi) is 1.55. The van der Waals surface area contributed by atoms with Gasteiger partial charge in [-0.3, -0.25) is 4.90 Å². The minimum Gasteiger partial charge on any atom is -0.394 e. The van der Waals surface area contributed by atoms with Gasteiger partial charge in [0.05, 0.1) is 0 Å². The molecule has 1 unspecified atom stereocenters. The van der Waals surface area contributed by atoms with Crippen molar-refractivity contribution >= 4 is 6.34 Å². The first-order valence-corrected chi connectivity index (χ1v) is 3.91. The van der Waals surface area contributed by atoms with Crippen molar-refractivity contribution in [1.82, 2.24) is 4.90 Å². The summed E-state index contributed by atoms with van der Waals surface area (Å²) < 4.78 is 0. The first-order valence-electron chi connectivity index (χ1n) is 3.91. The van der Waals surface area contributed by atoms with Gasteiger partial charge in [-0.15, -0.1) is 7.05 Å². The van der Waals surface area contributed by atoms with Crippen molar-refractivity contribution in [2.45, 2.75) is 6.42 Å². The summed E-state index contributed by atoms with van der Waals surface area (Å²) in [6.07, 6.45) is 2.99. The van der Waals surface area contributed by atoms with E-state index in [1.54, 1.807) is 0 Å². The van der Waals surface area contributed by atoms with Gasteiger partial charge in [-0.1, -0.05) is 0 Å². The van der Waals surface area contributed by atoms with Crippen LogP contribution in [0.5, 0.6) is 0 Å². The lowest BCUT2D eigenvalue weighted by Gasteiger charge is -2.24. The monoisotopic (exact) mass is 151 g/mol. The Balaban J connectivity index is 2.23. The lowest BCUT2D eigenvalue weighted by Crippen LogP contribution is -3.03. The van der Waals surface area contributed by atoms with E-state index >= 15 is 0 Å². The number of aliphatic imine (C=N–C) groups is 1. The summed E-state index contributed by atoms with van der Waals surface area (Å²) in [6, 6.07) is 0. The molecule has 0 saturated heterocycles. The molecule has 0 radical (unpaired) electrons. The molecule has 0 aromatic carbocycles. The maximum absolute atomic E-state index is 4.30. The molecule has 11 heavy (non-hydrogen) atoms. The van der Waals surface area contributed by atoms with Crippen molar-refractivity contribution in [3.8, 4) is 0 Å². The van der Waals surface area contributed by atoms with Crippen LogP contribution >= 0.6 is 0 Å². The van der Waals surface area contributed by atoms with Crippen LogP contribution in [0.25, 0.3) is 0 Å². The average molecular weight is 151 g/mol. The molecule has 3 heteroatoms. The van der Waals surface area contributed by atoms with Gasteiger partial charge < -0.3 is 4.90 Å². The van der Waals surface area contributed by atoms with Gasteiger partial charge in [0.2, 0.25) is 0 Å². The van der Waals surface area contributed by atoms with Crippen LogP contribution < -0.4 is 4.90 Å². The Morgan fingerprint density at radius 2 is 2.55 bits per heavy atom. The molecule has 0 amide bonds. The van der Waals surface area contributed by atoms with E-state index in [2.05, 4.69) is 24.0 Å². The molecule has 1 N–H and O–H groups in total. The quantitative estimate of drug-likeness (QED) is 0.452. The summed E-state index contributed by atoms with van der Waals surface area (Å²) in [5.41, 5.74) is 2.60. The molecule has 0 aliphatic carbocycles. The van der Waals surface area contributed by atoms with Crippen molar-refractivity contribution < 1.29 is 4.90 Å². The summed E-state index contributed by atoms with van der Waals surface area (Å²) >= 11 is 0. The fraction of sp³-hybridized carbons (Fsp3) is 0.500. The van der Waals surface area contributed by atoms with Crippen molar-refractivity contribution in [1.29, 1.82) is 0 Å². The normalized spacial score (nSPS) is 31.3. The van der Waals surface area contributed by atoms with Crippen LogP contribution in [-0.2, 0) is 0 Å². The number of nitrogens with zero attached hydrogens (tertiary/aromatic N) is 2. The topological polar surface area (TPSA) is 20.0 Å². The Bertz CT molecular complexity index is 229. The van der Waals surface area contributed by atoms with E-state index in [-0.39, 0.29) is 0 Å². The Morgan fingerprint density at radius 1 is 1.73 bits per heavy atom.